The molecule has 0 radical (unpaired) electrons. The van der Waals surface area contributed by atoms with Gasteiger partial charge < -0.3 is 34.0 Å². The van der Waals surface area contributed by atoms with Crippen molar-refractivity contribution in [2.75, 3.05) is 10.6 Å². The van der Waals surface area contributed by atoms with Gasteiger partial charge in [-0.25, -0.2) is 24.5 Å². The van der Waals surface area contributed by atoms with E-state index in [1.54, 1.807) is 76.6 Å². The Morgan fingerprint density at radius 3 is 2.24 bits per heavy atom. The van der Waals surface area contributed by atoms with Crippen LogP contribution < -0.4 is 10.6 Å². The third-order valence-electron chi connectivity index (χ3n) is 8.19. The van der Waals surface area contributed by atoms with E-state index in [1.807, 2.05) is 13.8 Å². The molecule has 16 heteroatoms. The first-order chi connectivity index (χ1) is 23.6. The quantitative estimate of drug-likeness (QED) is 0.221. The Labute approximate surface area is 292 Å². The largest absolute Gasteiger partial charge is 0.443 e. The van der Waals surface area contributed by atoms with E-state index < -0.39 is 71.3 Å². The van der Waals surface area contributed by atoms with Gasteiger partial charge in [0.1, 0.15) is 41.2 Å². The van der Waals surface area contributed by atoms with Crippen molar-refractivity contribution in [1.82, 2.24) is 19.5 Å². The van der Waals surface area contributed by atoms with Crippen LogP contribution >= 0.6 is 0 Å². The molecular weight excluding hydrogens is 673 g/mol. The lowest BCUT2D eigenvalue weighted by atomic mass is 10.0. The molecule has 6 rings (SSSR count). The molecule has 5 heterocycles. The molecule has 51 heavy (non-hydrogen) atoms. The molecule has 3 aromatic heterocycles. The second-order valence-electron chi connectivity index (χ2n) is 15.1. The SMILES string of the molecule is CC(C)(C)OC(=O)N(C(=O)OC(C)(C)C)c1ncnc2c1ccn2C1O[C@H](CCc2ccc3cc(C(F)(F)F)c(N)nc3c2)[C@H]2OC(C)(C)O[C@@H]12. The number of aromatic nitrogens is 4. The average Bonchev–Trinajstić information content (AvgIpc) is 3.64. The zero-order chi connectivity index (χ0) is 37.3. The molecule has 2 fully saturated rings. The summed E-state index contributed by atoms with van der Waals surface area (Å²) in [4.78, 5) is 40.4. The highest BCUT2D eigenvalue weighted by Crippen LogP contribution is 2.45. The minimum absolute atomic E-state index is 0.0369. The van der Waals surface area contributed by atoms with Gasteiger partial charge in [0.25, 0.3) is 0 Å². The van der Waals surface area contributed by atoms with E-state index in [1.165, 1.54) is 6.33 Å². The highest BCUT2D eigenvalue weighted by Gasteiger charge is 2.56. The zero-order valence-electron chi connectivity index (χ0n) is 29.6. The first-order valence-electron chi connectivity index (χ1n) is 16.5. The highest BCUT2D eigenvalue weighted by molar-refractivity contribution is 6.13. The number of amides is 2. The van der Waals surface area contributed by atoms with Crippen LogP contribution in [0.1, 0.15) is 79.2 Å². The Balaban J connectivity index is 1.29. The number of alkyl halides is 3. The number of hydrogen-bond acceptors (Lipinski definition) is 11. The molecule has 2 N–H and O–H groups in total. The standard InChI is InChI=1S/C35H41F3N6O7/c1-32(2,3)50-30(45)44(31(46)51-33(4,5)6)28-20-13-14-43(27(20)40-17-41-28)29-25-24(48-34(7,8)49-25)23(47-29)12-10-18-9-11-19-16-21(35(36,37)38)26(39)42-22(19)15-18/h9,11,13-17,23-25,29H,10,12H2,1-8H3,(H2,39,42)/t23-,24-,25-,29?/m1/s1. The van der Waals surface area contributed by atoms with Gasteiger partial charge in [0.05, 0.1) is 22.6 Å². The van der Waals surface area contributed by atoms with Crippen molar-refractivity contribution in [1.29, 1.82) is 0 Å². The Kier molecular flexibility index (Phi) is 8.96. The van der Waals surface area contributed by atoms with Gasteiger partial charge in [-0.1, -0.05) is 12.1 Å². The third-order valence-corrected chi connectivity index (χ3v) is 8.19. The number of halogens is 3. The van der Waals surface area contributed by atoms with Gasteiger partial charge in [-0.3, -0.25) is 0 Å². The van der Waals surface area contributed by atoms with E-state index in [9.17, 15) is 22.8 Å². The molecule has 13 nitrogen and oxygen atoms in total. The predicted molar refractivity (Wildman–Crippen MR) is 180 cm³/mol. The number of rotatable bonds is 5. The molecule has 2 aliphatic heterocycles. The van der Waals surface area contributed by atoms with Crippen molar-refractivity contribution in [2.24, 2.45) is 0 Å². The van der Waals surface area contributed by atoms with Crippen molar-refractivity contribution < 1.29 is 46.4 Å². The summed E-state index contributed by atoms with van der Waals surface area (Å²) >= 11 is 0. The Hall–Kier alpha value is -4.54. The first kappa shape index (κ1) is 36.3. The number of fused-ring (bicyclic) bond motifs is 3. The summed E-state index contributed by atoms with van der Waals surface area (Å²) in [6.45, 7) is 13.7. The van der Waals surface area contributed by atoms with Crippen LogP contribution in [0.15, 0.2) is 42.9 Å². The molecular formula is C35H41F3N6O7. The van der Waals surface area contributed by atoms with Crippen LogP contribution in [-0.4, -0.2) is 67.0 Å². The second kappa shape index (κ2) is 12.6. The van der Waals surface area contributed by atoms with Crippen LogP contribution in [0.4, 0.5) is 34.4 Å². The topological polar surface area (TPSA) is 153 Å². The van der Waals surface area contributed by atoms with E-state index in [2.05, 4.69) is 15.0 Å². The summed E-state index contributed by atoms with van der Waals surface area (Å²) in [6, 6.07) is 7.72. The van der Waals surface area contributed by atoms with Crippen molar-refractivity contribution in [3.8, 4) is 0 Å². The minimum atomic E-state index is -4.61. The summed E-state index contributed by atoms with van der Waals surface area (Å²) in [7, 11) is 0. The fraction of sp³-hybridized carbons (Fsp3) is 0.514. The summed E-state index contributed by atoms with van der Waals surface area (Å²) in [5, 5.41) is 0.678. The number of imide groups is 1. The summed E-state index contributed by atoms with van der Waals surface area (Å²) in [5.74, 6) is -1.55. The molecule has 2 amide bonds. The van der Waals surface area contributed by atoms with Crippen LogP contribution in [-0.2, 0) is 36.3 Å². The van der Waals surface area contributed by atoms with Crippen molar-refractivity contribution in [3.05, 3.63) is 54.0 Å². The predicted octanol–water partition coefficient (Wildman–Crippen LogP) is 7.31. The van der Waals surface area contributed by atoms with Crippen molar-refractivity contribution in [2.45, 2.75) is 116 Å². The lowest BCUT2D eigenvalue weighted by molar-refractivity contribution is -0.196. The van der Waals surface area contributed by atoms with Gasteiger partial charge >= 0.3 is 18.4 Å². The number of ether oxygens (including phenoxy) is 5. The molecule has 2 aliphatic rings. The number of nitrogens with zero attached hydrogens (tertiary/aromatic N) is 5. The second-order valence-corrected chi connectivity index (χ2v) is 15.1. The van der Waals surface area contributed by atoms with Crippen LogP contribution in [0, 0.1) is 0 Å². The molecule has 4 atom stereocenters. The lowest BCUT2D eigenvalue weighted by Gasteiger charge is -2.28. The number of nitrogen functional groups attached to an aromatic ring is 1. The van der Waals surface area contributed by atoms with Gasteiger partial charge in [0.2, 0.25) is 0 Å². The maximum atomic E-state index is 13.4. The molecule has 0 bridgehead atoms. The molecule has 4 aromatic rings. The molecule has 274 valence electrons. The van der Waals surface area contributed by atoms with Gasteiger partial charge in [-0.15, -0.1) is 0 Å². The molecule has 0 spiro atoms. The highest BCUT2D eigenvalue weighted by atomic mass is 19.4. The van der Waals surface area contributed by atoms with Crippen LogP contribution in [0.25, 0.3) is 21.9 Å². The summed E-state index contributed by atoms with van der Waals surface area (Å²) < 4.78 is 72.1. The Bertz CT molecular complexity index is 1960. The Morgan fingerprint density at radius 2 is 1.61 bits per heavy atom. The number of carbonyl (C=O) groups is 2. The van der Waals surface area contributed by atoms with E-state index in [-0.39, 0.29) is 5.82 Å². The van der Waals surface area contributed by atoms with E-state index >= 15 is 0 Å². The molecule has 0 aliphatic carbocycles. The van der Waals surface area contributed by atoms with Gasteiger partial charge in [-0.05, 0) is 92.0 Å². The van der Waals surface area contributed by atoms with Gasteiger partial charge in [0, 0.05) is 11.6 Å². The molecule has 0 saturated carbocycles. The number of aryl methyl sites for hydroxylation is 1. The molecule has 2 saturated heterocycles. The normalized spacial score (nSPS) is 21.9. The van der Waals surface area contributed by atoms with Gasteiger partial charge in [0.15, 0.2) is 17.8 Å². The number of nitrogens with two attached hydrogens (primary N) is 1. The number of pyridine rings is 1. The number of anilines is 2. The lowest BCUT2D eigenvalue weighted by Crippen LogP contribution is -2.44. The number of carbonyl (C=O) groups excluding carboxylic acids is 2. The maximum absolute atomic E-state index is 13.4. The average molecular weight is 715 g/mol. The van der Waals surface area contributed by atoms with Gasteiger partial charge in [-0.2, -0.15) is 18.1 Å². The zero-order valence-corrected chi connectivity index (χ0v) is 29.6. The Morgan fingerprint density at radius 1 is 0.961 bits per heavy atom. The van der Waals surface area contributed by atoms with Crippen LogP contribution in [0.2, 0.25) is 0 Å². The number of benzene rings is 1. The first-order valence-corrected chi connectivity index (χ1v) is 16.5. The summed E-state index contributed by atoms with van der Waals surface area (Å²) in [5.41, 5.74) is 4.36. The molecule has 1 unspecified atom stereocenters. The van der Waals surface area contributed by atoms with E-state index in [4.69, 9.17) is 29.4 Å². The van der Waals surface area contributed by atoms with E-state index in [0.717, 1.165) is 16.5 Å². The van der Waals surface area contributed by atoms with Crippen LogP contribution in [0.5, 0.6) is 0 Å². The monoisotopic (exact) mass is 714 g/mol. The fourth-order valence-electron chi connectivity index (χ4n) is 6.24. The van der Waals surface area contributed by atoms with Crippen molar-refractivity contribution >= 4 is 45.8 Å². The third kappa shape index (κ3) is 7.58. The minimum Gasteiger partial charge on any atom is -0.443 e. The smallest absolute Gasteiger partial charge is 0.425 e. The van der Waals surface area contributed by atoms with E-state index in [0.29, 0.717) is 34.8 Å². The summed E-state index contributed by atoms with van der Waals surface area (Å²) in [6.07, 6.45) is -4.87. The maximum Gasteiger partial charge on any atom is 0.425 e. The van der Waals surface area contributed by atoms with Crippen LogP contribution in [0.3, 0.4) is 0 Å². The van der Waals surface area contributed by atoms with Crippen molar-refractivity contribution in [3.63, 3.8) is 0 Å². The molecule has 1 aromatic carbocycles. The number of hydrogen-bond donors (Lipinski definition) is 1. The fourth-order valence-corrected chi connectivity index (χ4v) is 6.24.